The first kappa shape index (κ1) is 9.68. The van der Waals surface area contributed by atoms with Crippen molar-refractivity contribution >= 4 is 11.9 Å². The molecule has 0 aromatic heterocycles. The van der Waals surface area contributed by atoms with Gasteiger partial charge in [0.15, 0.2) is 0 Å². The van der Waals surface area contributed by atoms with Crippen LogP contribution in [0.25, 0.3) is 0 Å². The second-order valence-electron chi connectivity index (χ2n) is 2.11. The van der Waals surface area contributed by atoms with Crippen molar-refractivity contribution in [3.05, 3.63) is 11.6 Å². The maximum atomic E-state index is 10.2. The lowest BCUT2D eigenvalue weighted by Gasteiger charge is -1.99. The van der Waals surface area contributed by atoms with E-state index in [9.17, 15) is 9.59 Å². The molecular formula is C7H10O4. The van der Waals surface area contributed by atoms with Crippen LogP contribution in [0.5, 0.6) is 0 Å². The molecule has 0 heterocycles. The van der Waals surface area contributed by atoms with Crippen LogP contribution in [0.4, 0.5) is 0 Å². The second-order valence-corrected chi connectivity index (χ2v) is 2.11. The van der Waals surface area contributed by atoms with Crippen molar-refractivity contribution in [2.24, 2.45) is 0 Å². The van der Waals surface area contributed by atoms with Gasteiger partial charge in [-0.3, -0.25) is 4.79 Å². The zero-order valence-electron chi connectivity index (χ0n) is 6.46. The third-order valence-corrected chi connectivity index (χ3v) is 0.873. The van der Waals surface area contributed by atoms with Gasteiger partial charge >= 0.3 is 11.9 Å². The quantitative estimate of drug-likeness (QED) is 0.482. The number of rotatable bonds is 3. The molecule has 0 aliphatic heterocycles. The summed E-state index contributed by atoms with van der Waals surface area (Å²) in [5.74, 6) is -1.45. The van der Waals surface area contributed by atoms with E-state index in [1.165, 1.54) is 6.92 Å². The van der Waals surface area contributed by atoms with Crippen LogP contribution < -0.4 is 0 Å². The molecule has 0 radical (unpaired) electrons. The van der Waals surface area contributed by atoms with E-state index in [0.717, 1.165) is 6.08 Å². The van der Waals surface area contributed by atoms with Crippen molar-refractivity contribution in [2.75, 3.05) is 6.61 Å². The molecular weight excluding hydrogens is 148 g/mol. The first-order chi connectivity index (χ1) is 5.02. The Labute approximate surface area is 64.5 Å². The van der Waals surface area contributed by atoms with E-state index in [4.69, 9.17) is 5.11 Å². The Morgan fingerprint density at radius 2 is 2.00 bits per heavy atom. The smallest absolute Gasteiger partial charge is 0.328 e. The van der Waals surface area contributed by atoms with Crippen molar-refractivity contribution in [3.8, 4) is 0 Å². The molecule has 0 amide bonds. The molecule has 0 unspecified atom stereocenters. The zero-order chi connectivity index (χ0) is 8.85. The van der Waals surface area contributed by atoms with Gasteiger partial charge in [-0.25, -0.2) is 4.79 Å². The highest BCUT2D eigenvalue weighted by molar-refractivity contribution is 5.80. The summed E-state index contributed by atoms with van der Waals surface area (Å²) in [6.45, 7) is 2.90. The summed E-state index contributed by atoms with van der Waals surface area (Å²) in [6, 6.07) is 0. The van der Waals surface area contributed by atoms with Crippen LogP contribution in [0, 0.1) is 0 Å². The molecule has 4 heteroatoms. The molecule has 0 aromatic rings. The molecule has 62 valence electrons. The number of esters is 1. The highest BCUT2D eigenvalue weighted by atomic mass is 16.5. The highest BCUT2D eigenvalue weighted by Gasteiger charge is 1.96. The number of hydrogen-bond acceptors (Lipinski definition) is 3. The highest BCUT2D eigenvalue weighted by Crippen LogP contribution is 1.93. The number of aliphatic carboxylic acids is 1. The first-order valence-electron chi connectivity index (χ1n) is 3.06. The SMILES string of the molecule is CC(=O)OCC(C)=CC(=O)O. The lowest BCUT2D eigenvalue weighted by Crippen LogP contribution is -2.02. The van der Waals surface area contributed by atoms with Crippen LogP contribution in [-0.4, -0.2) is 23.7 Å². The first-order valence-corrected chi connectivity index (χ1v) is 3.06. The average molecular weight is 158 g/mol. The van der Waals surface area contributed by atoms with Crippen LogP contribution in [0.2, 0.25) is 0 Å². The molecule has 1 N–H and O–H groups in total. The van der Waals surface area contributed by atoms with Gasteiger partial charge in [-0.15, -0.1) is 0 Å². The number of carboxylic acids is 1. The molecule has 0 rings (SSSR count). The third-order valence-electron chi connectivity index (χ3n) is 0.873. The van der Waals surface area contributed by atoms with Crippen molar-refractivity contribution in [2.45, 2.75) is 13.8 Å². The van der Waals surface area contributed by atoms with Crippen LogP contribution in [0.3, 0.4) is 0 Å². The third kappa shape index (κ3) is 6.57. The Bertz CT molecular complexity index is 193. The molecule has 0 aromatic carbocycles. The minimum Gasteiger partial charge on any atom is -0.478 e. The van der Waals surface area contributed by atoms with Gasteiger partial charge in [-0.2, -0.15) is 0 Å². The molecule has 0 saturated heterocycles. The van der Waals surface area contributed by atoms with E-state index in [1.807, 2.05) is 0 Å². The van der Waals surface area contributed by atoms with Gasteiger partial charge in [0.05, 0.1) is 0 Å². The Morgan fingerprint density at radius 1 is 1.45 bits per heavy atom. The van der Waals surface area contributed by atoms with Gasteiger partial charge in [-0.1, -0.05) is 0 Å². The van der Waals surface area contributed by atoms with Crippen LogP contribution >= 0.6 is 0 Å². The van der Waals surface area contributed by atoms with E-state index >= 15 is 0 Å². The van der Waals surface area contributed by atoms with Gasteiger partial charge in [0.1, 0.15) is 6.61 Å². The normalized spacial score (nSPS) is 10.9. The van der Waals surface area contributed by atoms with E-state index in [-0.39, 0.29) is 6.61 Å². The lowest BCUT2D eigenvalue weighted by molar-refractivity contribution is -0.140. The minimum absolute atomic E-state index is 0.0433. The Kier molecular flexibility index (Phi) is 3.95. The summed E-state index contributed by atoms with van der Waals surface area (Å²) in [7, 11) is 0. The summed E-state index contributed by atoms with van der Waals surface area (Å²) < 4.78 is 4.53. The Balaban J connectivity index is 3.77. The summed E-state index contributed by atoms with van der Waals surface area (Å²) in [5.41, 5.74) is 0.507. The van der Waals surface area contributed by atoms with E-state index in [1.54, 1.807) is 6.92 Å². The molecule has 0 aliphatic rings. The largest absolute Gasteiger partial charge is 0.478 e. The maximum Gasteiger partial charge on any atom is 0.328 e. The molecule has 0 saturated carbocycles. The predicted octanol–water partition coefficient (Wildman–Crippen LogP) is 0.580. The van der Waals surface area contributed by atoms with Crippen molar-refractivity contribution in [3.63, 3.8) is 0 Å². The summed E-state index contributed by atoms with van der Waals surface area (Å²) >= 11 is 0. The Morgan fingerprint density at radius 3 is 2.36 bits per heavy atom. The second kappa shape index (κ2) is 4.49. The van der Waals surface area contributed by atoms with Gasteiger partial charge in [-0.05, 0) is 12.5 Å². The Hall–Kier alpha value is -1.32. The van der Waals surface area contributed by atoms with Crippen LogP contribution in [0.1, 0.15) is 13.8 Å². The molecule has 4 nitrogen and oxygen atoms in total. The zero-order valence-corrected chi connectivity index (χ0v) is 6.46. The number of carboxylic acid groups (broad SMARTS) is 1. The van der Waals surface area contributed by atoms with E-state index < -0.39 is 11.9 Å². The van der Waals surface area contributed by atoms with Crippen LogP contribution in [0.15, 0.2) is 11.6 Å². The van der Waals surface area contributed by atoms with E-state index in [2.05, 4.69) is 4.74 Å². The molecule has 0 atom stereocenters. The molecule has 0 spiro atoms. The molecule has 0 fully saturated rings. The predicted molar refractivity (Wildman–Crippen MR) is 38.0 cm³/mol. The number of ether oxygens (including phenoxy) is 1. The fourth-order valence-corrected chi connectivity index (χ4v) is 0.468. The van der Waals surface area contributed by atoms with Gasteiger partial charge in [0, 0.05) is 13.0 Å². The molecule has 0 aliphatic carbocycles. The minimum atomic E-state index is -1.03. The number of carbonyl (C=O) groups is 2. The van der Waals surface area contributed by atoms with Crippen molar-refractivity contribution in [1.82, 2.24) is 0 Å². The topological polar surface area (TPSA) is 63.6 Å². The summed E-state index contributed by atoms with van der Waals surface area (Å²) in [4.78, 5) is 20.3. The van der Waals surface area contributed by atoms with Crippen molar-refractivity contribution in [1.29, 1.82) is 0 Å². The van der Waals surface area contributed by atoms with Crippen molar-refractivity contribution < 1.29 is 19.4 Å². The van der Waals surface area contributed by atoms with E-state index in [0.29, 0.717) is 5.57 Å². The monoisotopic (exact) mass is 158 g/mol. The fraction of sp³-hybridized carbons (Fsp3) is 0.429. The number of carbonyl (C=O) groups excluding carboxylic acids is 1. The fourth-order valence-electron chi connectivity index (χ4n) is 0.468. The number of hydrogen-bond donors (Lipinski definition) is 1. The molecule has 0 bridgehead atoms. The molecule has 11 heavy (non-hydrogen) atoms. The standard InChI is InChI=1S/C7H10O4/c1-5(3-7(9)10)4-11-6(2)8/h3H,4H2,1-2H3,(H,9,10). The maximum absolute atomic E-state index is 10.2. The van der Waals surface area contributed by atoms with Gasteiger partial charge < -0.3 is 9.84 Å². The van der Waals surface area contributed by atoms with Gasteiger partial charge in [0.25, 0.3) is 0 Å². The average Bonchev–Trinajstić information content (AvgIpc) is 1.82. The summed E-state index contributed by atoms with van der Waals surface area (Å²) in [6.07, 6.45) is 1.00. The lowest BCUT2D eigenvalue weighted by atomic mass is 10.3. The summed E-state index contributed by atoms with van der Waals surface area (Å²) in [5, 5.41) is 8.23. The van der Waals surface area contributed by atoms with Gasteiger partial charge in [0.2, 0.25) is 0 Å². The van der Waals surface area contributed by atoms with Crippen LogP contribution in [-0.2, 0) is 14.3 Å².